The second-order valence-corrected chi connectivity index (χ2v) is 7.46. The van der Waals surface area contributed by atoms with Gasteiger partial charge in [-0.05, 0) is 18.2 Å². The predicted molar refractivity (Wildman–Crippen MR) is 107 cm³/mol. The molecule has 2 aromatic carbocycles. The first kappa shape index (κ1) is 21.9. The Morgan fingerprint density at radius 1 is 0.812 bits per heavy atom. The predicted octanol–water partition coefficient (Wildman–Crippen LogP) is -0.203. The highest BCUT2D eigenvalue weighted by Crippen LogP contribution is 2.44. The van der Waals surface area contributed by atoms with E-state index in [1.165, 1.54) is 6.07 Å². The van der Waals surface area contributed by atoms with E-state index >= 15 is 0 Å². The Kier molecular flexibility index (Phi) is 5.44. The topological polar surface area (TPSA) is 201 Å². The maximum Gasteiger partial charge on any atom is 0.197 e. The molecule has 1 aliphatic heterocycles. The van der Waals surface area contributed by atoms with Gasteiger partial charge in [-0.1, -0.05) is 0 Å². The van der Waals surface area contributed by atoms with Crippen molar-refractivity contribution in [3.63, 3.8) is 0 Å². The second kappa shape index (κ2) is 7.97. The maximum atomic E-state index is 12.8. The lowest BCUT2D eigenvalue weighted by Gasteiger charge is -2.40. The molecule has 0 spiro atoms. The zero-order valence-corrected chi connectivity index (χ0v) is 16.3. The van der Waals surface area contributed by atoms with Crippen molar-refractivity contribution in [2.45, 2.75) is 30.5 Å². The van der Waals surface area contributed by atoms with Crippen LogP contribution in [0.5, 0.6) is 23.0 Å². The summed E-state index contributed by atoms with van der Waals surface area (Å²) in [4.78, 5) is 12.8. The van der Waals surface area contributed by atoms with Crippen LogP contribution in [0.1, 0.15) is 11.7 Å². The summed E-state index contributed by atoms with van der Waals surface area (Å²) in [5.74, 6) is -2.28. The van der Waals surface area contributed by atoms with Crippen LogP contribution in [0.25, 0.3) is 22.3 Å². The molecular weight excluding hydrogens is 428 g/mol. The lowest BCUT2D eigenvalue weighted by atomic mass is 9.89. The molecule has 1 aromatic heterocycles. The van der Waals surface area contributed by atoms with E-state index in [9.17, 15) is 45.6 Å². The van der Waals surface area contributed by atoms with Gasteiger partial charge < -0.3 is 50.0 Å². The fourth-order valence-electron chi connectivity index (χ4n) is 3.76. The van der Waals surface area contributed by atoms with Gasteiger partial charge in [-0.3, -0.25) is 4.79 Å². The fraction of sp³-hybridized carbons (Fsp3) is 0.286. The molecule has 0 amide bonds. The highest BCUT2D eigenvalue weighted by molar-refractivity contribution is 5.89. The van der Waals surface area contributed by atoms with Crippen LogP contribution in [0.3, 0.4) is 0 Å². The minimum absolute atomic E-state index is 0.117. The van der Waals surface area contributed by atoms with Gasteiger partial charge in [0.05, 0.1) is 12.2 Å². The van der Waals surface area contributed by atoms with Crippen molar-refractivity contribution in [2.75, 3.05) is 6.61 Å². The van der Waals surface area contributed by atoms with Crippen molar-refractivity contribution < 1.29 is 50.0 Å². The third-order valence-corrected chi connectivity index (χ3v) is 5.43. The molecule has 1 fully saturated rings. The molecule has 0 saturated carbocycles. The van der Waals surface area contributed by atoms with E-state index in [1.807, 2.05) is 0 Å². The molecule has 1 saturated heterocycles. The van der Waals surface area contributed by atoms with Gasteiger partial charge in [-0.2, -0.15) is 0 Å². The lowest BCUT2D eigenvalue weighted by molar-refractivity contribution is -0.231. The highest BCUT2D eigenvalue weighted by Gasteiger charge is 2.46. The number of aliphatic hydroxyl groups excluding tert-OH is 4. The number of ether oxygens (including phenoxy) is 1. The quantitative estimate of drug-likeness (QED) is 0.247. The Morgan fingerprint density at radius 3 is 2.19 bits per heavy atom. The molecule has 3 aromatic rings. The average Bonchev–Trinajstić information content (AvgIpc) is 2.74. The van der Waals surface area contributed by atoms with Gasteiger partial charge in [0, 0.05) is 17.7 Å². The highest BCUT2D eigenvalue weighted by atomic mass is 16.5. The number of rotatable bonds is 3. The average molecular weight is 448 g/mol. The van der Waals surface area contributed by atoms with Crippen LogP contribution < -0.4 is 5.43 Å². The van der Waals surface area contributed by atoms with Crippen LogP contribution in [-0.2, 0) is 4.74 Å². The van der Waals surface area contributed by atoms with E-state index in [2.05, 4.69) is 0 Å². The van der Waals surface area contributed by atoms with Crippen molar-refractivity contribution >= 4 is 11.0 Å². The molecule has 11 nitrogen and oxygen atoms in total. The Labute approximate surface area is 179 Å². The maximum absolute atomic E-state index is 12.8. The van der Waals surface area contributed by atoms with E-state index in [-0.39, 0.29) is 27.9 Å². The van der Waals surface area contributed by atoms with Gasteiger partial charge in [0.2, 0.25) is 0 Å². The van der Waals surface area contributed by atoms with Crippen molar-refractivity contribution in [2.24, 2.45) is 0 Å². The summed E-state index contributed by atoms with van der Waals surface area (Å²) in [6.07, 6.45) is -8.07. The molecule has 11 heteroatoms. The third-order valence-electron chi connectivity index (χ3n) is 5.43. The van der Waals surface area contributed by atoms with Gasteiger partial charge in [-0.15, -0.1) is 0 Å². The molecule has 5 atom stereocenters. The summed E-state index contributed by atoms with van der Waals surface area (Å²) >= 11 is 0. The first-order chi connectivity index (χ1) is 15.1. The van der Waals surface area contributed by atoms with Crippen molar-refractivity contribution in [3.05, 3.63) is 46.1 Å². The summed E-state index contributed by atoms with van der Waals surface area (Å²) < 4.78 is 11.2. The number of aromatic hydroxyl groups is 4. The van der Waals surface area contributed by atoms with E-state index in [4.69, 9.17) is 9.15 Å². The molecule has 0 aliphatic carbocycles. The van der Waals surface area contributed by atoms with Crippen molar-refractivity contribution in [3.8, 4) is 34.3 Å². The SMILES string of the molecule is O=c1cc(-c2ccc(O)c(O)c2)oc2c([C@@H]3OC(CO)[C@H](O)[C@H](O)C3O)c(O)cc(O)c12. The molecule has 8 N–H and O–H groups in total. The summed E-state index contributed by atoms with van der Waals surface area (Å²) in [6, 6.07) is 5.47. The number of benzene rings is 2. The number of hydrogen-bond acceptors (Lipinski definition) is 11. The molecule has 2 unspecified atom stereocenters. The van der Waals surface area contributed by atoms with E-state index in [1.54, 1.807) is 0 Å². The van der Waals surface area contributed by atoms with Gasteiger partial charge in [0.1, 0.15) is 53.2 Å². The lowest BCUT2D eigenvalue weighted by Crippen LogP contribution is -2.55. The molecule has 170 valence electrons. The van der Waals surface area contributed by atoms with Crippen molar-refractivity contribution in [1.82, 2.24) is 0 Å². The van der Waals surface area contributed by atoms with E-state index < -0.39 is 65.6 Å². The zero-order chi connectivity index (χ0) is 23.3. The molecule has 2 heterocycles. The van der Waals surface area contributed by atoms with E-state index in [0.29, 0.717) is 0 Å². The standard InChI is InChI=1S/C21H20O11/c22-6-14-17(28)18(29)19(30)21(32-14)16-11(26)4-10(25)15-12(27)5-13(31-20(15)16)7-1-2-8(23)9(24)3-7/h1-5,14,17-19,21-26,28-30H,6H2/t14?,17-,18-,19?,21-/m0/s1. The first-order valence-corrected chi connectivity index (χ1v) is 9.49. The number of phenolic OH excluding ortho intramolecular Hbond substituents is 4. The molecule has 32 heavy (non-hydrogen) atoms. The summed E-state index contributed by atoms with van der Waals surface area (Å²) in [5.41, 5.74) is -1.27. The van der Waals surface area contributed by atoms with Crippen LogP contribution in [0.4, 0.5) is 0 Å². The van der Waals surface area contributed by atoms with E-state index in [0.717, 1.165) is 24.3 Å². The number of fused-ring (bicyclic) bond motifs is 1. The van der Waals surface area contributed by atoms with Crippen LogP contribution in [-0.4, -0.2) is 71.9 Å². The Bertz CT molecular complexity index is 1230. The summed E-state index contributed by atoms with van der Waals surface area (Å²) in [5, 5.41) is 79.7. The van der Waals surface area contributed by atoms with Crippen LogP contribution in [0.15, 0.2) is 39.5 Å². The largest absolute Gasteiger partial charge is 0.507 e. The molecular formula is C21H20O11. The summed E-state index contributed by atoms with van der Waals surface area (Å²) in [7, 11) is 0. The van der Waals surface area contributed by atoms with Gasteiger partial charge in [0.15, 0.2) is 22.5 Å². The molecule has 0 bridgehead atoms. The minimum Gasteiger partial charge on any atom is -0.507 e. The molecule has 1 aliphatic rings. The second-order valence-electron chi connectivity index (χ2n) is 7.46. The van der Waals surface area contributed by atoms with Crippen LogP contribution in [0.2, 0.25) is 0 Å². The normalized spacial score (nSPS) is 25.8. The van der Waals surface area contributed by atoms with Crippen LogP contribution >= 0.6 is 0 Å². The van der Waals surface area contributed by atoms with Gasteiger partial charge in [0.25, 0.3) is 0 Å². The first-order valence-electron chi connectivity index (χ1n) is 9.49. The molecule has 0 radical (unpaired) electrons. The Morgan fingerprint density at radius 2 is 1.53 bits per heavy atom. The number of aliphatic hydroxyl groups is 4. The van der Waals surface area contributed by atoms with Crippen LogP contribution in [0, 0.1) is 0 Å². The number of hydrogen-bond donors (Lipinski definition) is 8. The van der Waals surface area contributed by atoms with Crippen molar-refractivity contribution in [1.29, 1.82) is 0 Å². The Hall–Kier alpha value is -3.35. The molecule has 4 rings (SSSR count). The smallest absolute Gasteiger partial charge is 0.197 e. The Balaban J connectivity index is 1.97. The third kappa shape index (κ3) is 3.42. The summed E-state index contributed by atoms with van der Waals surface area (Å²) in [6.45, 7) is -0.722. The number of phenols is 4. The van der Waals surface area contributed by atoms with Gasteiger partial charge in [-0.25, -0.2) is 0 Å². The zero-order valence-electron chi connectivity index (χ0n) is 16.3. The minimum atomic E-state index is -1.79. The van der Waals surface area contributed by atoms with Gasteiger partial charge >= 0.3 is 0 Å². The fourth-order valence-corrected chi connectivity index (χ4v) is 3.76. The monoisotopic (exact) mass is 448 g/mol.